The van der Waals surface area contributed by atoms with Crippen molar-refractivity contribution in [3.63, 3.8) is 0 Å². The maximum atomic E-state index is 6.06. The Hall–Kier alpha value is -1.77. The van der Waals surface area contributed by atoms with E-state index in [-0.39, 0.29) is 0 Å². The molecular weight excluding hydrogens is 246 g/mol. The SMILES string of the molecule is CCCC1CCN(c2ccc(N)c3cccnc23)CC1. The molecule has 2 heterocycles. The third-order valence-electron chi connectivity index (χ3n) is 4.43. The first-order chi connectivity index (χ1) is 9.79. The Kier molecular flexibility index (Phi) is 3.77. The third kappa shape index (κ3) is 2.45. The number of nitrogen functional groups attached to an aromatic ring is 1. The second kappa shape index (κ2) is 5.70. The van der Waals surface area contributed by atoms with Gasteiger partial charge < -0.3 is 10.6 Å². The lowest BCUT2D eigenvalue weighted by Gasteiger charge is -2.34. The van der Waals surface area contributed by atoms with Crippen LogP contribution >= 0.6 is 0 Å². The van der Waals surface area contributed by atoms with E-state index in [1.165, 1.54) is 31.4 Å². The van der Waals surface area contributed by atoms with E-state index in [0.29, 0.717) is 0 Å². The van der Waals surface area contributed by atoms with Crippen LogP contribution in [0.2, 0.25) is 0 Å². The van der Waals surface area contributed by atoms with Gasteiger partial charge in [0.05, 0.1) is 11.2 Å². The van der Waals surface area contributed by atoms with Gasteiger partial charge in [0.25, 0.3) is 0 Å². The number of fused-ring (bicyclic) bond motifs is 1. The van der Waals surface area contributed by atoms with Crippen LogP contribution in [-0.2, 0) is 0 Å². The van der Waals surface area contributed by atoms with E-state index in [1.54, 1.807) is 0 Å². The molecule has 0 amide bonds. The number of hydrogen-bond acceptors (Lipinski definition) is 3. The van der Waals surface area contributed by atoms with Gasteiger partial charge in [0, 0.05) is 30.4 Å². The quantitative estimate of drug-likeness (QED) is 0.861. The molecule has 2 N–H and O–H groups in total. The lowest BCUT2D eigenvalue weighted by atomic mass is 9.92. The molecular formula is C17H23N3. The molecule has 3 nitrogen and oxygen atoms in total. The van der Waals surface area contributed by atoms with Crippen LogP contribution in [0, 0.1) is 5.92 Å². The molecule has 106 valence electrons. The van der Waals surface area contributed by atoms with E-state index >= 15 is 0 Å². The summed E-state index contributed by atoms with van der Waals surface area (Å²) in [6.45, 7) is 4.56. The van der Waals surface area contributed by atoms with Gasteiger partial charge in [0.1, 0.15) is 0 Å². The standard InChI is InChI=1S/C17H23N3/c1-2-4-13-8-11-20(12-9-13)16-7-6-15(18)14-5-3-10-19-17(14)16/h3,5-7,10,13H,2,4,8-9,11-12,18H2,1H3. The summed E-state index contributed by atoms with van der Waals surface area (Å²) in [6.07, 6.45) is 7.12. The molecule has 0 atom stereocenters. The zero-order valence-electron chi connectivity index (χ0n) is 12.2. The fraction of sp³-hybridized carbons (Fsp3) is 0.471. The van der Waals surface area contributed by atoms with Gasteiger partial charge in [0.15, 0.2) is 0 Å². The first kappa shape index (κ1) is 13.2. The summed E-state index contributed by atoms with van der Waals surface area (Å²) in [4.78, 5) is 7.02. The van der Waals surface area contributed by atoms with Crippen LogP contribution in [0.4, 0.5) is 11.4 Å². The van der Waals surface area contributed by atoms with Crippen molar-refractivity contribution in [2.75, 3.05) is 23.7 Å². The molecule has 1 saturated heterocycles. The molecule has 1 aliphatic rings. The van der Waals surface area contributed by atoms with Crippen LogP contribution < -0.4 is 10.6 Å². The first-order valence-corrected chi connectivity index (χ1v) is 7.67. The van der Waals surface area contributed by atoms with Crippen LogP contribution in [0.5, 0.6) is 0 Å². The molecule has 0 saturated carbocycles. The highest BCUT2D eigenvalue weighted by Crippen LogP contribution is 2.32. The summed E-state index contributed by atoms with van der Waals surface area (Å²) in [5.74, 6) is 0.907. The van der Waals surface area contributed by atoms with E-state index in [2.05, 4.69) is 28.9 Å². The fourth-order valence-corrected chi connectivity index (χ4v) is 3.31. The number of nitrogens with zero attached hydrogens (tertiary/aromatic N) is 2. The fourth-order valence-electron chi connectivity index (χ4n) is 3.31. The Morgan fingerprint density at radius 2 is 2.05 bits per heavy atom. The number of aromatic nitrogens is 1. The van der Waals surface area contributed by atoms with Crippen molar-refractivity contribution in [3.8, 4) is 0 Å². The van der Waals surface area contributed by atoms with Crippen molar-refractivity contribution in [1.82, 2.24) is 4.98 Å². The topological polar surface area (TPSA) is 42.1 Å². The number of rotatable bonds is 3. The van der Waals surface area contributed by atoms with Gasteiger partial charge >= 0.3 is 0 Å². The van der Waals surface area contributed by atoms with Crippen LogP contribution in [0.25, 0.3) is 10.9 Å². The molecule has 3 heteroatoms. The molecule has 2 aromatic rings. The maximum Gasteiger partial charge on any atom is 0.0955 e. The van der Waals surface area contributed by atoms with Gasteiger partial charge in [0.2, 0.25) is 0 Å². The molecule has 1 aliphatic heterocycles. The predicted octanol–water partition coefficient (Wildman–Crippen LogP) is 3.83. The number of pyridine rings is 1. The average Bonchev–Trinajstić information content (AvgIpc) is 2.49. The number of piperidine rings is 1. The largest absolute Gasteiger partial charge is 0.398 e. The van der Waals surface area contributed by atoms with Gasteiger partial charge in [-0.25, -0.2) is 0 Å². The van der Waals surface area contributed by atoms with Crippen LogP contribution in [0.15, 0.2) is 30.5 Å². The zero-order valence-corrected chi connectivity index (χ0v) is 12.2. The molecule has 0 spiro atoms. The highest BCUT2D eigenvalue weighted by Gasteiger charge is 2.20. The lowest BCUT2D eigenvalue weighted by Crippen LogP contribution is -2.33. The van der Waals surface area contributed by atoms with Gasteiger partial charge in [-0.05, 0) is 43.0 Å². The second-order valence-electron chi connectivity index (χ2n) is 5.79. The molecule has 1 aromatic heterocycles. The van der Waals surface area contributed by atoms with Crippen LogP contribution in [0.1, 0.15) is 32.6 Å². The van der Waals surface area contributed by atoms with E-state index in [9.17, 15) is 0 Å². The average molecular weight is 269 g/mol. The van der Waals surface area contributed by atoms with Crippen molar-refractivity contribution < 1.29 is 0 Å². The van der Waals surface area contributed by atoms with E-state index in [0.717, 1.165) is 35.6 Å². The molecule has 0 unspecified atom stereocenters. The summed E-state index contributed by atoms with van der Waals surface area (Å²) in [5.41, 5.74) is 9.16. The van der Waals surface area contributed by atoms with Crippen molar-refractivity contribution in [1.29, 1.82) is 0 Å². The van der Waals surface area contributed by atoms with Gasteiger partial charge in [-0.3, -0.25) is 4.98 Å². The summed E-state index contributed by atoms with van der Waals surface area (Å²) in [5, 5.41) is 1.07. The summed E-state index contributed by atoms with van der Waals surface area (Å²) >= 11 is 0. The number of anilines is 2. The smallest absolute Gasteiger partial charge is 0.0955 e. The molecule has 1 aromatic carbocycles. The van der Waals surface area contributed by atoms with Crippen LogP contribution in [0.3, 0.4) is 0 Å². The predicted molar refractivity (Wildman–Crippen MR) is 86.0 cm³/mol. The number of benzene rings is 1. The lowest BCUT2D eigenvalue weighted by molar-refractivity contribution is 0.379. The summed E-state index contributed by atoms with van der Waals surface area (Å²) in [6, 6.07) is 8.16. The Balaban J connectivity index is 1.87. The van der Waals surface area contributed by atoms with Crippen LogP contribution in [-0.4, -0.2) is 18.1 Å². The summed E-state index contributed by atoms with van der Waals surface area (Å²) in [7, 11) is 0. The Labute approximate surface area is 120 Å². The normalized spacial score (nSPS) is 16.8. The van der Waals surface area contributed by atoms with Gasteiger partial charge in [-0.2, -0.15) is 0 Å². The molecule has 3 rings (SSSR count). The third-order valence-corrected chi connectivity index (χ3v) is 4.43. The molecule has 0 radical (unpaired) electrons. The Morgan fingerprint density at radius 1 is 1.25 bits per heavy atom. The molecule has 0 bridgehead atoms. The van der Waals surface area contributed by atoms with Crippen molar-refractivity contribution in [2.24, 2.45) is 5.92 Å². The van der Waals surface area contributed by atoms with Gasteiger partial charge in [-0.1, -0.05) is 19.8 Å². The summed E-state index contributed by atoms with van der Waals surface area (Å²) < 4.78 is 0. The highest BCUT2D eigenvalue weighted by atomic mass is 15.1. The maximum absolute atomic E-state index is 6.06. The number of hydrogen-bond donors (Lipinski definition) is 1. The minimum atomic E-state index is 0.817. The molecule has 0 aliphatic carbocycles. The van der Waals surface area contributed by atoms with E-state index in [4.69, 9.17) is 5.73 Å². The van der Waals surface area contributed by atoms with E-state index < -0.39 is 0 Å². The monoisotopic (exact) mass is 269 g/mol. The van der Waals surface area contributed by atoms with Gasteiger partial charge in [-0.15, -0.1) is 0 Å². The minimum Gasteiger partial charge on any atom is -0.398 e. The van der Waals surface area contributed by atoms with Crippen molar-refractivity contribution >= 4 is 22.3 Å². The minimum absolute atomic E-state index is 0.817. The zero-order chi connectivity index (χ0) is 13.9. The number of nitrogens with two attached hydrogens (primary N) is 1. The first-order valence-electron chi connectivity index (χ1n) is 7.67. The highest BCUT2D eigenvalue weighted by molar-refractivity contribution is 5.98. The van der Waals surface area contributed by atoms with Crippen molar-refractivity contribution in [3.05, 3.63) is 30.5 Å². The van der Waals surface area contributed by atoms with Crippen molar-refractivity contribution in [2.45, 2.75) is 32.6 Å². The molecule has 1 fully saturated rings. The Bertz CT molecular complexity index is 586. The second-order valence-corrected chi connectivity index (χ2v) is 5.79. The molecule has 20 heavy (non-hydrogen) atoms. The van der Waals surface area contributed by atoms with E-state index in [1.807, 2.05) is 18.3 Å². The Morgan fingerprint density at radius 3 is 2.80 bits per heavy atom.